The zero-order valence-electron chi connectivity index (χ0n) is 16.4. The van der Waals surface area contributed by atoms with Gasteiger partial charge < -0.3 is 14.5 Å². The van der Waals surface area contributed by atoms with E-state index < -0.39 is 6.10 Å². The van der Waals surface area contributed by atoms with Gasteiger partial charge in [0.2, 0.25) is 5.91 Å². The number of ether oxygens (including phenoxy) is 1. The molecule has 6 nitrogen and oxygen atoms in total. The van der Waals surface area contributed by atoms with Crippen LogP contribution in [-0.4, -0.2) is 21.9 Å². The minimum atomic E-state index is -0.506. The first kappa shape index (κ1) is 20.9. The summed E-state index contributed by atoms with van der Waals surface area (Å²) in [7, 11) is 0. The van der Waals surface area contributed by atoms with Gasteiger partial charge in [0.1, 0.15) is 11.6 Å². The van der Waals surface area contributed by atoms with Crippen molar-refractivity contribution in [2.75, 3.05) is 11.1 Å². The summed E-state index contributed by atoms with van der Waals surface area (Å²) in [6.07, 6.45) is -0.506. The summed E-state index contributed by atoms with van der Waals surface area (Å²) in [5, 5.41) is 11.1. The summed E-state index contributed by atoms with van der Waals surface area (Å²) in [6.45, 7) is 5.91. The number of benzene rings is 2. The number of para-hydroxylation sites is 1. The van der Waals surface area contributed by atoms with E-state index in [1.54, 1.807) is 6.92 Å². The Kier molecular flexibility index (Phi) is 6.87. The zero-order chi connectivity index (χ0) is 20.8. The van der Waals surface area contributed by atoms with Crippen LogP contribution in [0.25, 0.3) is 0 Å². The molecule has 29 heavy (non-hydrogen) atoms. The van der Waals surface area contributed by atoms with Crippen molar-refractivity contribution < 1.29 is 18.3 Å². The lowest BCUT2D eigenvalue weighted by molar-refractivity contribution is -0.113. The Balaban J connectivity index is 1.53. The predicted molar refractivity (Wildman–Crippen MR) is 110 cm³/mol. The van der Waals surface area contributed by atoms with Crippen molar-refractivity contribution in [3.8, 4) is 5.75 Å². The van der Waals surface area contributed by atoms with Gasteiger partial charge in [-0.15, -0.1) is 10.2 Å². The van der Waals surface area contributed by atoms with E-state index >= 15 is 0 Å². The quantitative estimate of drug-likeness (QED) is 0.509. The van der Waals surface area contributed by atoms with E-state index in [0.717, 1.165) is 23.0 Å². The van der Waals surface area contributed by atoms with Crippen LogP contribution in [0.15, 0.2) is 58.2 Å². The normalized spacial score (nSPS) is 12.0. The van der Waals surface area contributed by atoms with Crippen LogP contribution in [-0.2, 0) is 4.79 Å². The van der Waals surface area contributed by atoms with E-state index in [9.17, 15) is 9.18 Å². The van der Waals surface area contributed by atoms with Gasteiger partial charge in [0, 0.05) is 5.69 Å². The lowest BCUT2D eigenvalue weighted by Gasteiger charge is -2.13. The molecule has 3 aromatic rings. The van der Waals surface area contributed by atoms with Crippen molar-refractivity contribution in [3.63, 3.8) is 0 Å². The van der Waals surface area contributed by atoms with Crippen LogP contribution in [0.2, 0.25) is 0 Å². The fraction of sp³-hybridized carbons (Fsp3) is 0.286. The van der Waals surface area contributed by atoms with E-state index in [1.165, 1.54) is 24.3 Å². The highest BCUT2D eigenvalue weighted by atomic mass is 32.2. The molecule has 1 amide bonds. The molecule has 152 valence electrons. The molecule has 0 unspecified atom stereocenters. The maximum absolute atomic E-state index is 13.0. The number of rotatable bonds is 8. The number of thioether (sulfide) groups is 1. The number of nitrogens with one attached hydrogen (secondary N) is 1. The van der Waals surface area contributed by atoms with Gasteiger partial charge in [-0.3, -0.25) is 4.79 Å². The van der Waals surface area contributed by atoms with Crippen LogP contribution in [0.3, 0.4) is 0 Å². The fourth-order valence-corrected chi connectivity index (χ4v) is 3.21. The molecule has 0 saturated carbocycles. The number of halogens is 1. The second-order valence-electron chi connectivity index (χ2n) is 6.70. The van der Waals surface area contributed by atoms with Crippen LogP contribution in [0.5, 0.6) is 5.75 Å². The van der Waals surface area contributed by atoms with Gasteiger partial charge in [0.05, 0.1) is 5.75 Å². The summed E-state index contributed by atoms with van der Waals surface area (Å²) in [5.41, 5.74) is 1.89. The summed E-state index contributed by atoms with van der Waals surface area (Å²) in [5.74, 6) is 0.729. The van der Waals surface area contributed by atoms with Crippen molar-refractivity contribution >= 4 is 23.4 Å². The second kappa shape index (κ2) is 9.56. The Morgan fingerprint density at radius 3 is 2.59 bits per heavy atom. The monoisotopic (exact) mass is 415 g/mol. The summed E-state index contributed by atoms with van der Waals surface area (Å²) >= 11 is 1.15. The van der Waals surface area contributed by atoms with Crippen molar-refractivity contribution in [3.05, 3.63) is 65.8 Å². The third kappa shape index (κ3) is 5.80. The van der Waals surface area contributed by atoms with E-state index in [0.29, 0.717) is 11.7 Å². The first-order valence-corrected chi connectivity index (χ1v) is 10.2. The minimum Gasteiger partial charge on any atom is -0.481 e. The molecule has 0 aliphatic heterocycles. The zero-order valence-corrected chi connectivity index (χ0v) is 17.2. The molecule has 1 aromatic heterocycles. The predicted octanol–water partition coefficient (Wildman–Crippen LogP) is 5.20. The molecule has 1 heterocycles. The maximum atomic E-state index is 13.0. The Hall–Kier alpha value is -2.87. The molecule has 0 spiro atoms. The van der Waals surface area contributed by atoms with Crippen LogP contribution >= 0.6 is 11.8 Å². The van der Waals surface area contributed by atoms with E-state index in [1.807, 2.05) is 24.3 Å². The largest absolute Gasteiger partial charge is 0.481 e. The van der Waals surface area contributed by atoms with Crippen LogP contribution in [0.1, 0.15) is 44.2 Å². The molecule has 2 aromatic carbocycles. The van der Waals surface area contributed by atoms with Gasteiger partial charge in [-0.1, -0.05) is 43.8 Å². The standard InChI is InChI=1S/C21H22FN3O3S/c1-13(2)17-6-4-5-7-18(17)23-19(26)12-29-21-25-24-20(28-21)14(3)27-16-10-8-15(22)9-11-16/h4-11,13-14H,12H2,1-3H3,(H,23,26)/t14-/m0/s1. The van der Waals surface area contributed by atoms with Gasteiger partial charge in [-0.25, -0.2) is 4.39 Å². The second-order valence-corrected chi connectivity index (χ2v) is 7.63. The molecule has 3 rings (SSSR count). The first-order valence-electron chi connectivity index (χ1n) is 9.19. The molecule has 1 atom stereocenters. The van der Waals surface area contributed by atoms with Gasteiger partial charge in [-0.05, 0) is 48.7 Å². The Morgan fingerprint density at radius 1 is 1.14 bits per heavy atom. The third-order valence-corrected chi connectivity index (χ3v) is 4.90. The lowest BCUT2D eigenvalue weighted by Crippen LogP contribution is -2.15. The molecule has 0 radical (unpaired) electrons. The van der Waals surface area contributed by atoms with Crippen molar-refractivity contribution in [1.82, 2.24) is 10.2 Å². The molecular formula is C21H22FN3O3S. The van der Waals surface area contributed by atoms with Crippen molar-refractivity contribution in [2.24, 2.45) is 0 Å². The average Bonchev–Trinajstić information content (AvgIpc) is 3.18. The highest BCUT2D eigenvalue weighted by molar-refractivity contribution is 7.99. The Labute approximate surface area is 172 Å². The minimum absolute atomic E-state index is 0.140. The van der Waals surface area contributed by atoms with Crippen LogP contribution in [0.4, 0.5) is 10.1 Å². The lowest BCUT2D eigenvalue weighted by atomic mass is 10.0. The van der Waals surface area contributed by atoms with Gasteiger partial charge in [-0.2, -0.15) is 0 Å². The number of aromatic nitrogens is 2. The number of carbonyl (C=O) groups excluding carboxylic acids is 1. The fourth-order valence-electron chi connectivity index (χ4n) is 2.64. The average molecular weight is 415 g/mol. The highest BCUT2D eigenvalue weighted by Crippen LogP contribution is 2.26. The Bertz CT molecular complexity index is 960. The Morgan fingerprint density at radius 2 is 1.86 bits per heavy atom. The summed E-state index contributed by atoms with van der Waals surface area (Å²) < 4.78 is 24.2. The molecule has 0 bridgehead atoms. The smallest absolute Gasteiger partial charge is 0.277 e. The van der Waals surface area contributed by atoms with Gasteiger partial charge >= 0.3 is 0 Å². The number of anilines is 1. The molecule has 1 N–H and O–H groups in total. The summed E-state index contributed by atoms with van der Waals surface area (Å²) in [4.78, 5) is 12.3. The van der Waals surface area contributed by atoms with E-state index in [4.69, 9.17) is 9.15 Å². The summed E-state index contributed by atoms with van der Waals surface area (Å²) in [6, 6.07) is 13.4. The van der Waals surface area contributed by atoms with Crippen LogP contribution < -0.4 is 10.1 Å². The molecule has 0 saturated heterocycles. The van der Waals surface area contributed by atoms with Gasteiger partial charge in [0.25, 0.3) is 11.1 Å². The molecular weight excluding hydrogens is 393 g/mol. The van der Waals surface area contributed by atoms with Crippen LogP contribution in [0, 0.1) is 5.82 Å². The molecule has 0 aliphatic carbocycles. The first-order chi connectivity index (χ1) is 13.9. The van der Waals surface area contributed by atoms with Crippen molar-refractivity contribution in [2.45, 2.75) is 38.0 Å². The SMILES string of the molecule is CC(C)c1ccccc1NC(=O)CSc1nnc([C@H](C)Oc2ccc(F)cc2)o1. The van der Waals surface area contributed by atoms with Crippen molar-refractivity contribution in [1.29, 1.82) is 0 Å². The molecule has 0 aliphatic rings. The van der Waals surface area contributed by atoms with Gasteiger partial charge in [0.15, 0.2) is 6.10 Å². The number of hydrogen-bond donors (Lipinski definition) is 1. The number of carbonyl (C=O) groups is 1. The number of nitrogens with zero attached hydrogens (tertiary/aromatic N) is 2. The topological polar surface area (TPSA) is 77.2 Å². The highest BCUT2D eigenvalue weighted by Gasteiger charge is 2.17. The third-order valence-electron chi connectivity index (χ3n) is 4.08. The van der Waals surface area contributed by atoms with E-state index in [2.05, 4.69) is 29.4 Å². The number of amides is 1. The van der Waals surface area contributed by atoms with E-state index in [-0.39, 0.29) is 28.6 Å². The molecule has 8 heteroatoms. The maximum Gasteiger partial charge on any atom is 0.277 e. The number of hydrogen-bond acceptors (Lipinski definition) is 6. The molecule has 0 fully saturated rings.